The number of nitrogens with two attached hydrogens (primary N) is 1. The third-order valence-corrected chi connectivity index (χ3v) is 4.29. The molecule has 0 aliphatic rings. The van der Waals surface area contributed by atoms with Gasteiger partial charge in [0, 0.05) is 35.8 Å². The van der Waals surface area contributed by atoms with Crippen LogP contribution >= 0.6 is 0 Å². The summed E-state index contributed by atoms with van der Waals surface area (Å²) >= 11 is 0. The number of benzene rings is 1. The molecule has 0 saturated carbocycles. The summed E-state index contributed by atoms with van der Waals surface area (Å²) in [7, 11) is 1.70. The Balaban J connectivity index is 1.94. The van der Waals surface area contributed by atoms with Crippen molar-refractivity contribution in [3.8, 4) is 11.4 Å². The standard InChI is InChI=1S/C18H12F3N5O/c1-26-16-11-6-9(17(22)27)2-4-13(11)24-8-12(16)15(25-26)14-5-3-10(7-23-14)18(19,20)21/h2-8H,1H3,(H2,22,27). The van der Waals surface area contributed by atoms with Crippen molar-refractivity contribution in [1.29, 1.82) is 0 Å². The van der Waals surface area contributed by atoms with E-state index in [-0.39, 0.29) is 0 Å². The quantitative estimate of drug-likeness (QED) is 0.586. The fourth-order valence-corrected chi connectivity index (χ4v) is 3.00. The van der Waals surface area contributed by atoms with Gasteiger partial charge < -0.3 is 5.73 Å². The molecule has 27 heavy (non-hydrogen) atoms. The number of rotatable bonds is 2. The van der Waals surface area contributed by atoms with Crippen molar-refractivity contribution in [2.24, 2.45) is 12.8 Å². The molecule has 9 heteroatoms. The Morgan fingerprint density at radius 1 is 1.07 bits per heavy atom. The van der Waals surface area contributed by atoms with Crippen molar-refractivity contribution in [1.82, 2.24) is 19.7 Å². The third-order valence-electron chi connectivity index (χ3n) is 4.29. The number of hydrogen-bond donors (Lipinski definition) is 1. The van der Waals surface area contributed by atoms with Crippen molar-refractivity contribution < 1.29 is 18.0 Å². The SMILES string of the molecule is Cn1nc(-c2ccc(C(F)(F)F)cn2)c2cnc3ccc(C(N)=O)cc3c21. The zero-order chi connectivity index (χ0) is 19.3. The van der Waals surface area contributed by atoms with Crippen LogP contribution in [0.1, 0.15) is 15.9 Å². The third kappa shape index (κ3) is 2.77. The first-order valence-electron chi connectivity index (χ1n) is 7.84. The van der Waals surface area contributed by atoms with Gasteiger partial charge in [-0.3, -0.25) is 19.4 Å². The predicted molar refractivity (Wildman–Crippen MR) is 92.8 cm³/mol. The smallest absolute Gasteiger partial charge is 0.366 e. The van der Waals surface area contributed by atoms with E-state index in [4.69, 9.17) is 5.73 Å². The van der Waals surface area contributed by atoms with Gasteiger partial charge in [0.2, 0.25) is 5.91 Å². The number of fused-ring (bicyclic) bond motifs is 3. The van der Waals surface area contributed by atoms with Gasteiger partial charge >= 0.3 is 6.18 Å². The Morgan fingerprint density at radius 2 is 1.85 bits per heavy atom. The molecule has 4 rings (SSSR count). The minimum atomic E-state index is -4.46. The number of primary amides is 1. The van der Waals surface area contributed by atoms with E-state index >= 15 is 0 Å². The summed E-state index contributed by atoms with van der Waals surface area (Å²) in [5, 5.41) is 5.67. The fraction of sp³-hybridized carbons (Fsp3) is 0.111. The summed E-state index contributed by atoms with van der Waals surface area (Å²) in [4.78, 5) is 19.7. The van der Waals surface area contributed by atoms with Crippen molar-refractivity contribution in [2.45, 2.75) is 6.18 Å². The first kappa shape index (κ1) is 17.0. The lowest BCUT2D eigenvalue weighted by atomic mass is 10.1. The number of carbonyl (C=O) groups is 1. The lowest BCUT2D eigenvalue weighted by Crippen LogP contribution is -2.10. The Morgan fingerprint density at radius 3 is 2.48 bits per heavy atom. The zero-order valence-corrected chi connectivity index (χ0v) is 13.9. The van der Waals surface area contributed by atoms with Gasteiger partial charge in [0.15, 0.2) is 0 Å². The van der Waals surface area contributed by atoms with Crippen LogP contribution in [0.15, 0.2) is 42.7 Å². The lowest BCUT2D eigenvalue weighted by molar-refractivity contribution is -0.137. The Kier molecular flexibility index (Phi) is 3.62. The molecule has 0 radical (unpaired) electrons. The minimum Gasteiger partial charge on any atom is -0.366 e. The van der Waals surface area contributed by atoms with Crippen molar-refractivity contribution in [3.05, 3.63) is 53.9 Å². The van der Waals surface area contributed by atoms with E-state index < -0.39 is 17.6 Å². The molecule has 3 aromatic heterocycles. The van der Waals surface area contributed by atoms with Crippen LogP contribution in [-0.2, 0) is 13.2 Å². The van der Waals surface area contributed by atoms with Crippen LogP contribution in [0.25, 0.3) is 33.2 Å². The molecule has 1 aromatic carbocycles. The van der Waals surface area contributed by atoms with Gasteiger partial charge in [-0.2, -0.15) is 18.3 Å². The maximum atomic E-state index is 12.7. The van der Waals surface area contributed by atoms with Crippen LogP contribution in [0.4, 0.5) is 13.2 Å². The van der Waals surface area contributed by atoms with E-state index in [9.17, 15) is 18.0 Å². The van der Waals surface area contributed by atoms with Gasteiger partial charge in [0.05, 0.1) is 22.3 Å². The number of hydrogen-bond acceptors (Lipinski definition) is 4. The van der Waals surface area contributed by atoms with Gasteiger partial charge in [0.1, 0.15) is 5.69 Å². The highest BCUT2D eigenvalue weighted by Gasteiger charge is 2.31. The molecule has 136 valence electrons. The van der Waals surface area contributed by atoms with Gasteiger partial charge in [-0.05, 0) is 30.3 Å². The average Bonchev–Trinajstić information content (AvgIpc) is 2.98. The fourth-order valence-electron chi connectivity index (χ4n) is 3.00. The molecule has 3 heterocycles. The second kappa shape index (κ2) is 5.76. The topological polar surface area (TPSA) is 86.7 Å². The van der Waals surface area contributed by atoms with Gasteiger partial charge in [-0.25, -0.2) is 0 Å². The van der Waals surface area contributed by atoms with Crippen LogP contribution in [0.3, 0.4) is 0 Å². The van der Waals surface area contributed by atoms with E-state index in [1.54, 1.807) is 36.1 Å². The summed E-state index contributed by atoms with van der Waals surface area (Å²) in [6.07, 6.45) is -2.10. The van der Waals surface area contributed by atoms with Gasteiger partial charge in [-0.15, -0.1) is 0 Å². The molecule has 0 saturated heterocycles. The molecule has 0 aliphatic carbocycles. The second-order valence-corrected chi connectivity index (χ2v) is 6.02. The lowest BCUT2D eigenvalue weighted by Gasteiger charge is -2.06. The minimum absolute atomic E-state index is 0.292. The summed E-state index contributed by atoms with van der Waals surface area (Å²) in [6, 6.07) is 7.12. The van der Waals surface area contributed by atoms with E-state index in [1.807, 2.05) is 0 Å². The van der Waals surface area contributed by atoms with Crippen LogP contribution in [-0.4, -0.2) is 25.7 Å². The highest BCUT2D eigenvalue weighted by Crippen LogP contribution is 2.33. The van der Waals surface area contributed by atoms with Gasteiger partial charge in [0.25, 0.3) is 0 Å². The molecule has 0 unspecified atom stereocenters. The van der Waals surface area contributed by atoms with E-state index in [0.717, 1.165) is 12.3 Å². The van der Waals surface area contributed by atoms with Crippen LogP contribution < -0.4 is 5.73 Å². The first-order chi connectivity index (χ1) is 12.8. The predicted octanol–water partition coefficient (Wildman–Crippen LogP) is 3.30. The molecule has 1 amide bonds. The zero-order valence-electron chi connectivity index (χ0n) is 13.9. The maximum absolute atomic E-state index is 12.7. The average molecular weight is 371 g/mol. The van der Waals surface area contributed by atoms with E-state index in [2.05, 4.69) is 15.1 Å². The van der Waals surface area contributed by atoms with Crippen LogP contribution in [0.2, 0.25) is 0 Å². The number of aromatic nitrogens is 4. The molecular formula is C18H12F3N5O. The number of aryl methyl sites for hydroxylation is 1. The Labute approximate surface area is 150 Å². The molecular weight excluding hydrogens is 359 g/mol. The monoisotopic (exact) mass is 371 g/mol. The molecule has 0 spiro atoms. The summed E-state index contributed by atoms with van der Waals surface area (Å²) < 4.78 is 39.8. The maximum Gasteiger partial charge on any atom is 0.417 e. The summed E-state index contributed by atoms with van der Waals surface area (Å²) in [5.41, 5.74) is 6.86. The highest BCUT2D eigenvalue weighted by molar-refractivity contribution is 6.09. The summed E-state index contributed by atoms with van der Waals surface area (Å²) in [6.45, 7) is 0. The highest BCUT2D eigenvalue weighted by atomic mass is 19.4. The molecule has 0 fully saturated rings. The van der Waals surface area contributed by atoms with Crippen LogP contribution in [0.5, 0.6) is 0 Å². The molecule has 6 nitrogen and oxygen atoms in total. The van der Waals surface area contributed by atoms with E-state index in [0.29, 0.717) is 38.8 Å². The van der Waals surface area contributed by atoms with Crippen molar-refractivity contribution in [2.75, 3.05) is 0 Å². The Hall–Kier alpha value is -3.49. The van der Waals surface area contributed by atoms with Gasteiger partial charge in [-0.1, -0.05) is 0 Å². The van der Waals surface area contributed by atoms with Crippen LogP contribution in [0, 0.1) is 0 Å². The molecule has 2 N–H and O–H groups in total. The summed E-state index contributed by atoms with van der Waals surface area (Å²) in [5.74, 6) is -0.569. The number of halogens is 3. The molecule has 0 atom stereocenters. The molecule has 0 bridgehead atoms. The second-order valence-electron chi connectivity index (χ2n) is 6.02. The molecule has 4 aromatic rings. The largest absolute Gasteiger partial charge is 0.417 e. The molecule has 0 aliphatic heterocycles. The van der Waals surface area contributed by atoms with E-state index in [1.165, 1.54) is 6.07 Å². The first-order valence-corrected chi connectivity index (χ1v) is 7.84. The van der Waals surface area contributed by atoms with Crippen molar-refractivity contribution in [3.63, 3.8) is 0 Å². The normalized spacial score (nSPS) is 12.0. The number of nitrogens with zero attached hydrogens (tertiary/aromatic N) is 4. The van der Waals surface area contributed by atoms with Crippen molar-refractivity contribution >= 4 is 27.7 Å². The number of amides is 1. The Bertz CT molecular complexity index is 1200. The number of carbonyl (C=O) groups excluding carboxylic acids is 1. The number of alkyl halides is 3. The number of pyridine rings is 2.